The van der Waals surface area contributed by atoms with Crippen LogP contribution in [0.3, 0.4) is 0 Å². The van der Waals surface area contributed by atoms with Crippen molar-refractivity contribution in [2.75, 3.05) is 19.6 Å². The fraction of sp³-hybridized carbons (Fsp3) is 0.647. The Balaban J connectivity index is 2.08. The number of unbranched alkanes of at least 4 members (excludes halogenated alkanes) is 1. The quantitative estimate of drug-likeness (QED) is 0.872. The highest BCUT2D eigenvalue weighted by Gasteiger charge is 2.29. The first-order chi connectivity index (χ1) is 9.22. The first kappa shape index (κ1) is 14.5. The maximum absolute atomic E-state index is 3.73. The van der Waals surface area contributed by atoms with E-state index in [1.807, 2.05) is 0 Å². The van der Waals surface area contributed by atoms with Gasteiger partial charge in [-0.05, 0) is 24.4 Å². The fourth-order valence-electron chi connectivity index (χ4n) is 2.90. The van der Waals surface area contributed by atoms with E-state index < -0.39 is 0 Å². The van der Waals surface area contributed by atoms with Crippen LogP contribution in [0.1, 0.15) is 45.2 Å². The zero-order valence-corrected chi connectivity index (χ0v) is 12.6. The van der Waals surface area contributed by atoms with Gasteiger partial charge in [-0.1, -0.05) is 57.5 Å². The van der Waals surface area contributed by atoms with Crippen LogP contribution in [0.5, 0.6) is 0 Å². The maximum atomic E-state index is 3.73. The van der Waals surface area contributed by atoms with E-state index in [4.69, 9.17) is 0 Å². The van der Waals surface area contributed by atoms with Crippen LogP contribution in [0.15, 0.2) is 30.3 Å². The second kappa shape index (κ2) is 7.06. The Morgan fingerprint density at radius 1 is 1.26 bits per heavy atom. The highest BCUT2D eigenvalue weighted by atomic mass is 15.2. The molecule has 0 aliphatic carbocycles. The summed E-state index contributed by atoms with van der Waals surface area (Å²) >= 11 is 0. The van der Waals surface area contributed by atoms with Crippen LogP contribution >= 0.6 is 0 Å². The summed E-state index contributed by atoms with van der Waals surface area (Å²) in [7, 11) is 0. The van der Waals surface area contributed by atoms with Crippen molar-refractivity contribution in [3.63, 3.8) is 0 Å². The van der Waals surface area contributed by atoms with Crippen LogP contribution in [0.2, 0.25) is 0 Å². The number of hydrogen-bond donors (Lipinski definition) is 1. The van der Waals surface area contributed by atoms with Gasteiger partial charge in [0.25, 0.3) is 0 Å². The molecule has 2 nitrogen and oxygen atoms in total. The van der Waals surface area contributed by atoms with Crippen molar-refractivity contribution in [2.24, 2.45) is 5.92 Å². The highest BCUT2D eigenvalue weighted by molar-refractivity contribution is 5.20. The van der Waals surface area contributed by atoms with Gasteiger partial charge in [0.05, 0.1) is 0 Å². The van der Waals surface area contributed by atoms with Gasteiger partial charge in [0.15, 0.2) is 0 Å². The van der Waals surface area contributed by atoms with E-state index in [1.165, 1.54) is 31.5 Å². The number of hydrogen-bond acceptors (Lipinski definition) is 2. The number of nitrogens with one attached hydrogen (secondary N) is 1. The minimum Gasteiger partial charge on any atom is -0.311 e. The van der Waals surface area contributed by atoms with Crippen molar-refractivity contribution in [3.05, 3.63) is 35.9 Å². The summed E-state index contributed by atoms with van der Waals surface area (Å²) < 4.78 is 0. The van der Waals surface area contributed by atoms with Crippen molar-refractivity contribution in [1.29, 1.82) is 0 Å². The standard InChI is InChI=1S/C17H28N2/c1-4-5-11-19-13-16(14(2)3)18-12-17(19)15-9-7-6-8-10-15/h6-10,14,16-18H,4-5,11-13H2,1-3H3. The first-order valence-corrected chi connectivity index (χ1v) is 7.74. The van der Waals surface area contributed by atoms with Gasteiger partial charge >= 0.3 is 0 Å². The predicted octanol–water partition coefficient (Wildman–Crippen LogP) is 3.46. The molecule has 1 N–H and O–H groups in total. The Morgan fingerprint density at radius 2 is 2.00 bits per heavy atom. The van der Waals surface area contributed by atoms with E-state index in [2.05, 4.69) is 61.3 Å². The maximum Gasteiger partial charge on any atom is 0.0473 e. The first-order valence-electron chi connectivity index (χ1n) is 7.74. The van der Waals surface area contributed by atoms with Crippen molar-refractivity contribution >= 4 is 0 Å². The predicted molar refractivity (Wildman–Crippen MR) is 82.3 cm³/mol. The van der Waals surface area contributed by atoms with E-state index in [1.54, 1.807) is 0 Å². The van der Waals surface area contributed by atoms with Crippen molar-refractivity contribution in [2.45, 2.75) is 45.7 Å². The molecule has 2 unspecified atom stereocenters. The summed E-state index contributed by atoms with van der Waals surface area (Å²) in [6.07, 6.45) is 2.58. The van der Waals surface area contributed by atoms with Gasteiger partial charge in [0, 0.05) is 25.2 Å². The van der Waals surface area contributed by atoms with Gasteiger partial charge < -0.3 is 5.32 Å². The van der Waals surface area contributed by atoms with Crippen molar-refractivity contribution < 1.29 is 0 Å². The molecule has 1 saturated heterocycles. The van der Waals surface area contributed by atoms with Crippen LogP contribution < -0.4 is 5.32 Å². The van der Waals surface area contributed by atoms with Crippen LogP contribution in [0, 0.1) is 5.92 Å². The normalized spacial score (nSPS) is 24.8. The minimum absolute atomic E-state index is 0.544. The third-order valence-electron chi connectivity index (χ3n) is 4.23. The second-order valence-corrected chi connectivity index (χ2v) is 6.03. The zero-order chi connectivity index (χ0) is 13.7. The van der Waals surface area contributed by atoms with Crippen molar-refractivity contribution in [1.82, 2.24) is 10.2 Å². The summed E-state index contributed by atoms with van der Waals surface area (Å²) in [5.74, 6) is 0.709. The van der Waals surface area contributed by atoms with Gasteiger partial charge in [0.1, 0.15) is 0 Å². The summed E-state index contributed by atoms with van der Waals surface area (Å²) in [4.78, 5) is 2.68. The molecule has 0 spiro atoms. The molecular weight excluding hydrogens is 232 g/mol. The molecular formula is C17H28N2. The Labute approximate surface area is 118 Å². The minimum atomic E-state index is 0.544. The van der Waals surface area contributed by atoms with E-state index >= 15 is 0 Å². The van der Waals surface area contributed by atoms with Gasteiger partial charge in [-0.25, -0.2) is 0 Å². The molecule has 1 aliphatic rings. The van der Waals surface area contributed by atoms with Gasteiger partial charge in [-0.2, -0.15) is 0 Å². The third kappa shape index (κ3) is 3.80. The summed E-state index contributed by atoms with van der Waals surface area (Å²) in [6, 6.07) is 12.1. The van der Waals surface area contributed by atoms with Crippen molar-refractivity contribution in [3.8, 4) is 0 Å². The van der Waals surface area contributed by atoms with E-state index in [-0.39, 0.29) is 0 Å². The van der Waals surface area contributed by atoms with Gasteiger partial charge in [0.2, 0.25) is 0 Å². The van der Waals surface area contributed by atoms with Gasteiger partial charge in [-0.3, -0.25) is 4.90 Å². The highest BCUT2D eigenvalue weighted by Crippen LogP contribution is 2.25. The number of nitrogens with zero attached hydrogens (tertiary/aromatic N) is 1. The van der Waals surface area contributed by atoms with E-state index in [0.717, 1.165) is 6.54 Å². The lowest BCUT2D eigenvalue weighted by molar-refractivity contribution is 0.112. The lowest BCUT2D eigenvalue weighted by Gasteiger charge is -2.42. The van der Waals surface area contributed by atoms with Gasteiger partial charge in [-0.15, -0.1) is 0 Å². The van der Waals surface area contributed by atoms with Crippen LogP contribution in [-0.2, 0) is 0 Å². The van der Waals surface area contributed by atoms with Crippen LogP contribution in [-0.4, -0.2) is 30.6 Å². The summed E-state index contributed by atoms with van der Waals surface area (Å²) in [6.45, 7) is 10.4. The topological polar surface area (TPSA) is 15.3 Å². The monoisotopic (exact) mass is 260 g/mol. The summed E-state index contributed by atoms with van der Waals surface area (Å²) in [5, 5.41) is 3.73. The molecule has 1 aromatic rings. The molecule has 2 atom stereocenters. The average molecular weight is 260 g/mol. The molecule has 0 amide bonds. The molecule has 1 aliphatic heterocycles. The lowest BCUT2D eigenvalue weighted by atomic mass is 9.95. The SMILES string of the molecule is CCCCN1CC(C(C)C)NCC1c1ccccc1. The number of benzene rings is 1. The Kier molecular flexibility index (Phi) is 5.41. The third-order valence-corrected chi connectivity index (χ3v) is 4.23. The molecule has 2 heteroatoms. The number of rotatable bonds is 5. The lowest BCUT2D eigenvalue weighted by Crippen LogP contribution is -2.54. The fourth-order valence-corrected chi connectivity index (χ4v) is 2.90. The molecule has 1 heterocycles. The molecule has 0 saturated carbocycles. The molecule has 0 bridgehead atoms. The van der Waals surface area contributed by atoms with Crippen LogP contribution in [0.25, 0.3) is 0 Å². The largest absolute Gasteiger partial charge is 0.311 e. The Hall–Kier alpha value is -0.860. The van der Waals surface area contributed by atoms with E-state index in [0.29, 0.717) is 18.0 Å². The molecule has 1 fully saturated rings. The molecule has 1 aromatic carbocycles. The Bertz CT molecular complexity index is 361. The molecule has 2 rings (SSSR count). The smallest absolute Gasteiger partial charge is 0.0473 e. The Morgan fingerprint density at radius 3 is 2.63 bits per heavy atom. The molecule has 0 aromatic heterocycles. The number of piperazine rings is 1. The second-order valence-electron chi connectivity index (χ2n) is 6.03. The average Bonchev–Trinajstić information content (AvgIpc) is 2.45. The van der Waals surface area contributed by atoms with Crippen LogP contribution in [0.4, 0.5) is 0 Å². The van der Waals surface area contributed by atoms with E-state index in [9.17, 15) is 0 Å². The molecule has 106 valence electrons. The molecule has 0 radical (unpaired) electrons. The molecule has 19 heavy (non-hydrogen) atoms. The summed E-state index contributed by atoms with van der Waals surface area (Å²) in [5.41, 5.74) is 1.45. The zero-order valence-electron chi connectivity index (χ0n) is 12.6.